The molecule has 1 saturated heterocycles. The summed E-state index contributed by atoms with van der Waals surface area (Å²) in [5.41, 5.74) is 2.84. The molecule has 2 unspecified atom stereocenters. The van der Waals surface area contributed by atoms with E-state index in [9.17, 15) is 14.4 Å². The number of ether oxygens (including phenoxy) is 1. The first-order valence-corrected chi connectivity index (χ1v) is 8.12. The molecule has 0 aromatic heterocycles. The number of nitrogens with zero attached hydrogens (tertiary/aromatic N) is 1. The molecule has 1 rings (SSSR count). The number of hydrogen-bond acceptors (Lipinski definition) is 5. The van der Waals surface area contributed by atoms with Crippen LogP contribution in [0.1, 0.15) is 32.6 Å². The normalized spacial score (nSPS) is 20.4. The second kappa shape index (κ2) is 8.91. The topological polar surface area (TPSA) is 75.7 Å². The standard InChI is InChI=1S/C13H19Cl3N2O4/c1-9(4-3-7-19)11(20)18-6-2-5-10(17-18)12(21)22-8-13(14,15)16/h7,9-10,17H,2-6,8H2,1H3. The fraction of sp³-hybridized carbons (Fsp3) is 0.769. The summed E-state index contributed by atoms with van der Waals surface area (Å²) in [6, 6.07) is -0.650. The van der Waals surface area contributed by atoms with E-state index in [1.807, 2.05) is 0 Å². The summed E-state index contributed by atoms with van der Waals surface area (Å²) in [5, 5.41) is 1.40. The van der Waals surface area contributed by atoms with Crippen LogP contribution in [0.3, 0.4) is 0 Å². The predicted octanol–water partition coefficient (Wildman–Crippen LogP) is 2.01. The third-order valence-electron chi connectivity index (χ3n) is 3.25. The quantitative estimate of drug-likeness (QED) is 0.438. The molecule has 1 aliphatic rings. The van der Waals surface area contributed by atoms with E-state index in [1.54, 1.807) is 6.92 Å². The van der Waals surface area contributed by atoms with Crippen molar-refractivity contribution < 1.29 is 19.1 Å². The average molecular weight is 374 g/mol. The van der Waals surface area contributed by atoms with Gasteiger partial charge in [0.05, 0.1) is 0 Å². The maximum atomic E-state index is 12.2. The minimum absolute atomic E-state index is 0.152. The summed E-state index contributed by atoms with van der Waals surface area (Å²) >= 11 is 16.6. The van der Waals surface area contributed by atoms with E-state index in [2.05, 4.69) is 5.43 Å². The first-order valence-electron chi connectivity index (χ1n) is 6.99. The number of hydrazine groups is 1. The van der Waals surface area contributed by atoms with Gasteiger partial charge in [-0.2, -0.15) is 0 Å². The van der Waals surface area contributed by atoms with Crippen molar-refractivity contribution in [2.75, 3.05) is 13.2 Å². The van der Waals surface area contributed by atoms with Gasteiger partial charge in [-0.3, -0.25) is 14.6 Å². The fourth-order valence-corrected chi connectivity index (χ4v) is 2.24. The molecule has 1 fully saturated rings. The molecule has 2 atom stereocenters. The molecule has 0 aromatic rings. The summed E-state index contributed by atoms with van der Waals surface area (Å²) in [4.78, 5) is 34.5. The van der Waals surface area contributed by atoms with Crippen LogP contribution in [0.4, 0.5) is 0 Å². The third-order valence-corrected chi connectivity index (χ3v) is 3.58. The number of hydrogen-bond donors (Lipinski definition) is 1. The van der Waals surface area contributed by atoms with E-state index in [1.165, 1.54) is 5.01 Å². The minimum Gasteiger partial charge on any atom is -0.460 e. The third kappa shape index (κ3) is 6.69. The number of halogens is 3. The van der Waals surface area contributed by atoms with E-state index in [4.69, 9.17) is 39.5 Å². The molecule has 1 aliphatic heterocycles. The van der Waals surface area contributed by atoms with Gasteiger partial charge < -0.3 is 9.53 Å². The van der Waals surface area contributed by atoms with Crippen LogP contribution in [0, 0.1) is 5.92 Å². The van der Waals surface area contributed by atoms with Crippen molar-refractivity contribution in [3.8, 4) is 0 Å². The van der Waals surface area contributed by atoms with Gasteiger partial charge in [0, 0.05) is 18.9 Å². The zero-order chi connectivity index (χ0) is 16.8. The van der Waals surface area contributed by atoms with Crippen molar-refractivity contribution in [1.82, 2.24) is 10.4 Å². The van der Waals surface area contributed by atoms with Crippen molar-refractivity contribution in [2.24, 2.45) is 5.92 Å². The van der Waals surface area contributed by atoms with Crippen LogP contribution in [0.15, 0.2) is 0 Å². The van der Waals surface area contributed by atoms with Crippen LogP contribution < -0.4 is 5.43 Å². The molecule has 0 bridgehead atoms. The summed E-state index contributed by atoms with van der Waals surface area (Å²) in [6.07, 6.45) is 2.78. The average Bonchev–Trinajstić information content (AvgIpc) is 2.48. The Kier molecular flexibility index (Phi) is 7.89. The van der Waals surface area contributed by atoms with Gasteiger partial charge in [-0.15, -0.1) is 0 Å². The number of aldehydes is 1. The number of rotatable bonds is 6. The Bertz CT molecular complexity index is 415. The Morgan fingerprint density at radius 1 is 1.45 bits per heavy atom. The molecule has 0 saturated carbocycles. The summed E-state index contributed by atoms with van der Waals surface area (Å²) in [6.45, 7) is 1.90. The van der Waals surface area contributed by atoms with Crippen molar-refractivity contribution >= 4 is 53.0 Å². The molecule has 1 N–H and O–H groups in total. The molecule has 6 nitrogen and oxygen atoms in total. The van der Waals surface area contributed by atoms with E-state index in [0.717, 1.165) is 6.29 Å². The van der Waals surface area contributed by atoms with Gasteiger partial charge in [-0.1, -0.05) is 41.7 Å². The Morgan fingerprint density at radius 2 is 2.14 bits per heavy atom. The lowest BCUT2D eigenvalue weighted by Crippen LogP contribution is -2.56. The lowest BCUT2D eigenvalue weighted by molar-refractivity contribution is -0.152. The van der Waals surface area contributed by atoms with Gasteiger partial charge in [0.2, 0.25) is 9.70 Å². The van der Waals surface area contributed by atoms with Crippen LogP contribution in [-0.2, 0) is 19.1 Å². The highest BCUT2D eigenvalue weighted by Crippen LogP contribution is 2.26. The van der Waals surface area contributed by atoms with Gasteiger partial charge >= 0.3 is 5.97 Å². The van der Waals surface area contributed by atoms with E-state index < -0.39 is 15.8 Å². The van der Waals surface area contributed by atoms with Crippen molar-refractivity contribution in [3.63, 3.8) is 0 Å². The Morgan fingerprint density at radius 3 is 2.73 bits per heavy atom. The van der Waals surface area contributed by atoms with Crippen LogP contribution >= 0.6 is 34.8 Å². The zero-order valence-corrected chi connectivity index (χ0v) is 14.5. The van der Waals surface area contributed by atoms with Crippen molar-refractivity contribution in [2.45, 2.75) is 42.4 Å². The predicted molar refractivity (Wildman–Crippen MR) is 83.6 cm³/mol. The van der Waals surface area contributed by atoms with Crippen LogP contribution in [-0.4, -0.2) is 46.2 Å². The molecule has 22 heavy (non-hydrogen) atoms. The maximum absolute atomic E-state index is 12.2. The van der Waals surface area contributed by atoms with Crippen LogP contribution in [0.5, 0.6) is 0 Å². The molecular formula is C13H19Cl3N2O4. The summed E-state index contributed by atoms with van der Waals surface area (Å²) in [5.74, 6) is -1.02. The number of esters is 1. The summed E-state index contributed by atoms with van der Waals surface area (Å²) < 4.78 is 3.25. The van der Waals surface area contributed by atoms with E-state index in [-0.39, 0.29) is 18.4 Å². The highest BCUT2D eigenvalue weighted by atomic mass is 35.6. The molecule has 0 aromatic carbocycles. The number of nitrogens with one attached hydrogen (secondary N) is 1. The van der Waals surface area contributed by atoms with Gasteiger partial charge in [0.1, 0.15) is 18.9 Å². The van der Waals surface area contributed by atoms with Crippen molar-refractivity contribution in [3.05, 3.63) is 0 Å². The Hall–Kier alpha value is -0.560. The minimum atomic E-state index is -1.66. The fourth-order valence-electron chi connectivity index (χ4n) is 2.08. The molecule has 0 aliphatic carbocycles. The first-order chi connectivity index (χ1) is 10.2. The first kappa shape index (κ1) is 19.5. The van der Waals surface area contributed by atoms with E-state index >= 15 is 0 Å². The van der Waals surface area contributed by atoms with Gasteiger partial charge in [-0.25, -0.2) is 5.43 Å². The highest BCUT2D eigenvalue weighted by Gasteiger charge is 2.32. The largest absolute Gasteiger partial charge is 0.460 e. The Labute approximate surface area is 144 Å². The van der Waals surface area contributed by atoms with Gasteiger partial charge in [0.15, 0.2) is 0 Å². The highest BCUT2D eigenvalue weighted by molar-refractivity contribution is 6.67. The lowest BCUT2D eigenvalue weighted by atomic mass is 10.0. The maximum Gasteiger partial charge on any atom is 0.325 e. The number of alkyl halides is 3. The molecule has 0 radical (unpaired) electrons. The van der Waals surface area contributed by atoms with Crippen LogP contribution in [0.2, 0.25) is 0 Å². The smallest absolute Gasteiger partial charge is 0.325 e. The van der Waals surface area contributed by atoms with Crippen molar-refractivity contribution in [1.29, 1.82) is 0 Å². The number of amides is 1. The zero-order valence-electron chi connectivity index (χ0n) is 12.2. The van der Waals surface area contributed by atoms with Crippen LogP contribution in [0.25, 0.3) is 0 Å². The molecule has 1 heterocycles. The van der Waals surface area contributed by atoms with E-state index in [0.29, 0.717) is 32.2 Å². The summed E-state index contributed by atoms with van der Waals surface area (Å²) in [7, 11) is 0. The van der Waals surface area contributed by atoms with Gasteiger partial charge in [0.25, 0.3) is 0 Å². The SMILES string of the molecule is CC(CCC=O)C(=O)N1CCCC(C(=O)OCC(Cl)(Cl)Cl)N1. The number of carbonyl (C=O) groups excluding carboxylic acids is 3. The monoisotopic (exact) mass is 372 g/mol. The number of carbonyl (C=O) groups is 3. The second-order valence-electron chi connectivity index (χ2n) is 5.18. The molecular weight excluding hydrogens is 355 g/mol. The van der Waals surface area contributed by atoms with Gasteiger partial charge in [-0.05, 0) is 19.3 Å². The molecule has 126 valence electrons. The lowest BCUT2D eigenvalue weighted by Gasteiger charge is -2.34. The Balaban J connectivity index is 2.51. The molecule has 0 spiro atoms. The molecule has 1 amide bonds. The second-order valence-corrected chi connectivity index (χ2v) is 7.70. The molecule has 9 heteroatoms.